The van der Waals surface area contributed by atoms with Crippen LogP contribution >= 0.6 is 0 Å². The fourth-order valence-electron chi connectivity index (χ4n) is 3.06. The third-order valence-electron chi connectivity index (χ3n) is 4.74. The Bertz CT molecular complexity index is 937. The van der Waals surface area contributed by atoms with Crippen molar-refractivity contribution in [1.29, 1.82) is 0 Å². The molecule has 1 amide bonds. The standard InChI is InChI=1S/C18H20F3N3O3/c1-9(2)16-12-7-10(18(19,20)21)3-4-11(12)17(27)24(23-16)8-15(26)22-13-5-6-14(13)25/h3-4,7,9,13-14,25H,5-6,8H2,1-2H3,(H,22,26)/t13-,14-/m0/s1. The molecule has 0 spiro atoms. The zero-order valence-corrected chi connectivity index (χ0v) is 14.9. The Hall–Kier alpha value is -2.42. The first-order chi connectivity index (χ1) is 12.6. The van der Waals surface area contributed by atoms with E-state index in [1.165, 1.54) is 0 Å². The average molecular weight is 383 g/mol. The van der Waals surface area contributed by atoms with Crippen molar-refractivity contribution in [2.45, 2.75) is 57.5 Å². The van der Waals surface area contributed by atoms with E-state index in [1.54, 1.807) is 13.8 Å². The van der Waals surface area contributed by atoms with Crippen LogP contribution in [0.3, 0.4) is 0 Å². The molecule has 0 unspecified atom stereocenters. The number of alkyl halides is 3. The average Bonchev–Trinajstić information content (AvgIpc) is 2.59. The molecule has 2 aromatic rings. The summed E-state index contributed by atoms with van der Waals surface area (Å²) in [7, 11) is 0. The number of fused-ring (bicyclic) bond motifs is 1. The van der Waals surface area contributed by atoms with Crippen molar-refractivity contribution in [1.82, 2.24) is 15.1 Å². The SMILES string of the molecule is CC(C)c1nn(CC(=O)N[C@H]2CC[C@@H]2O)c(=O)c2ccc(C(F)(F)F)cc12. The summed E-state index contributed by atoms with van der Waals surface area (Å²) in [5.41, 5.74) is -1.17. The molecule has 2 N–H and O–H groups in total. The highest BCUT2D eigenvalue weighted by Crippen LogP contribution is 2.32. The lowest BCUT2D eigenvalue weighted by Crippen LogP contribution is -2.51. The molecule has 0 saturated heterocycles. The maximum absolute atomic E-state index is 13.0. The first-order valence-electron chi connectivity index (χ1n) is 8.67. The second kappa shape index (κ2) is 6.95. The van der Waals surface area contributed by atoms with Crippen LogP contribution in [0.4, 0.5) is 13.2 Å². The van der Waals surface area contributed by atoms with Gasteiger partial charge in [0, 0.05) is 5.39 Å². The summed E-state index contributed by atoms with van der Waals surface area (Å²) in [5, 5.41) is 16.5. The minimum Gasteiger partial charge on any atom is -0.391 e. The van der Waals surface area contributed by atoms with Gasteiger partial charge in [0.1, 0.15) is 6.54 Å². The molecule has 146 valence electrons. The first kappa shape index (κ1) is 19.3. The molecular formula is C18H20F3N3O3. The Morgan fingerprint density at radius 3 is 2.56 bits per heavy atom. The minimum atomic E-state index is -4.53. The monoisotopic (exact) mass is 383 g/mol. The number of rotatable bonds is 4. The number of benzene rings is 1. The number of aliphatic hydroxyl groups is 1. The molecule has 9 heteroatoms. The van der Waals surface area contributed by atoms with Gasteiger partial charge in [-0.15, -0.1) is 0 Å². The van der Waals surface area contributed by atoms with Gasteiger partial charge < -0.3 is 10.4 Å². The van der Waals surface area contributed by atoms with Crippen molar-refractivity contribution in [3.05, 3.63) is 39.8 Å². The van der Waals surface area contributed by atoms with Gasteiger partial charge in [-0.25, -0.2) is 4.68 Å². The fourth-order valence-corrected chi connectivity index (χ4v) is 3.06. The van der Waals surface area contributed by atoms with Crippen LogP contribution < -0.4 is 10.9 Å². The Morgan fingerprint density at radius 2 is 2.04 bits per heavy atom. The molecule has 1 fully saturated rings. The van der Waals surface area contributed by atoms with Crippen molar-refractivity contribution in [2.24, 2.45) is 0 Å². The molecule has 0 radical (unpaired) electrons. The highest BCUT2D eigenvalue weighted by atomic mass is 19.4. The molecule has 6 nitrogen and oxygen atoms in total. The molecule has 3 rings (SSSR count). The van der Waals surface area contributed by atoms with Crippen LogP contribution in [0.25, 0.3) is 10.8 Å². The van der Waals surface area contributed by atoms with E-state index in [9.17, 15) is 27.9 Å². The summed E-state index contributed by atoms with van der Waals surface area (Å²) >= 11 is 0. The molecule has 27 heavy (non-hydrogen) atoms. The molecular weight excluding hydrogens is 363 g/mol. The van der Waals surface area contributed by atoms with E-state index < -0.39 is 29.3 Å². The maximum atomic E-state index is 13.0. The van der Waals surface area contributed by atoms with Gasteiger partial charge in [0.05, 0.1) is 28.8 Å². The van der Waals surface area contributed by atoms with E-state index in [1.807, 2.05) is 0 Å². The van der Waals surface area contributed by atoms with Gasteiger partial charge in [0.15, 0.2) is 0 Å². The smallest absolute Gasteiger partial charge is 0.391 e. The summed E-state index contributed by atoms with van der Waals surface area (Å²) < 4.78 is 40.0. The van der Waals surface area contributed by atoms with Gasteiger partial charge in [-0.3, -0.25) is 9.59 Å². The first-order valence-corrected chi connectivity index (χ1v) is 8.67. The lowest BCUT2D eigenvalue weighted by atomic mass is 9.89. The fraction of sp³-hybridized carbons (Fsp3) is 0.500. The Labute approximate surface area is 153 Å². The second-order valence-electron chi connectivity index (χ2n) is 7.08. The van der Waals surface area contributed by atoms with Gasteiger partial charge >= 0.3 is 6.18 Å². The van der Waals surface area contributed by atoms with E-state index in [0.717, 1.165) is 22.9 Å². The minimum absolute atomic E-state index is 0.0816. The Kier molecular flexibility index (Phi) is 4.98. The molecule has 1 aromatic heterocycles. The molecule has 0 aliphatic heterocycles. The molecule has 2 atom stereocenters. The van der Waals surface area contributed by atoms with Gasteiger partial charge in [0.2, 0.25) is 5.91 Å². The van der Waals surface area contributed by atoms with Crippen LogP contribution in [0.1, 0.15) is 43.9 Å². The summed E-state index contributed by atoms with van der Waals surface area (Å²) in [5.74, 6) is -0.728. The summed E-state index contributed by atoms with van der Waals surface area (Å²) in [6.45, 7) is 3.14. The van der Waals surface area contributed by atoms with Crippen molar-refractivity contribution in [3.63, 3.8) is 0 Å². The highest BCUT2D eigenvalue weighted by molar-refractivity contribution is 5.85. The van der Waals surface area contributed by atoms with Crippen molar-refractivity contribution < 1.29 is 23.1 Å². The van der Waals surface area contributed by atoms with Crippen LogP contribution in [0.15, 0.2) is 23.0 Å². The van der Waals surface area contributed by atoms with Crippen LogP contribution in [0, 0.1) is 0 Å². The van der Waals surface area contributed by atoms with E-state index in [4.69, 9.17) is 0 Å². The van der Waals surface area contributed by atoms with Gasteiger partial charge in [-0.2, -0.15) is 18.3 Å². The zero-order chi connectivity index (χ0) is 19.9. The third-order valence-corrected chi connectivity index (χ3v) is 4.74. The number of hydrogen-bond donors (Lipinski definition) is 2. The number of nitrogens with zero attached hydrogens (tertiary/aromatic N) is 2. The van der Waals surface area contributed by atoms with Crippen molar-refractivity contribution in [3.8, 4) is 0 Å². The normalized spacial score (nSPS) is 20.0. The quantitative estimate of drug-likeness (QED) is 0.848. The van der Waals surface area contributed by atoms with Crippen LogP contribution in [-0.4, -0.2) is 32.9 Å². The number of carbonyl (C=O) groups excluding carboxylic acids is 1. The van der Waals surface area contributed by atoms with Crippen LogP contribution in [0.5, 0.6) is 0 Å². The summed E-state index contributed by atoms with van der Waals surface area (Å²) in [4.78, 5) is 24.8. The molecule has 1 aliphatic carbocycles. The highest BCUT2D eigenvalue weighted by Gasteiger charge is 2.32. The Balaban J connectivity index is 2.00. The molecule has 1 saturated carbocycles. The number of amides is 1. The van der Waals surface area contributed by atoms with Gasteiger partial charge in [-0.1, -0.05) is 13.8 Å². The zero-order valence-electron chi connectivity index (χ0n) is 14.9. The largest absolute Gasteiger partial charge is 0.416 e. The Morgan fingerprint density at radius 1 is 1.33 bits per heavy atom. The summed E-state index contributed by atoms with van der Waals surface area (Å²) in [6.07, 6.45) is -3.86. The maximum Gasteiger partial charge on any atom is 0.416 e. The number of halogens is 3. The molecule has 0 bridgehead atoms. The van der Waals surface area contributed by atoms with Gasteiger partial charge in [-0.05, 0) is 37.0 Å². The lowest BCUT2D eigenvalue weighted by molar-refractivity contribution is -0.137. The number of aliphatic hydroxyl groups excluding tert-OH is 1. The number of carbonyl (C=O) groups is 1. The summed E-state index contributed by atoms with van der Waals surface area (Å²) in [6, 6.07) is 2.56. The van der Waals surface area contributed by atoms with E-state index in [0.29, 0.717) is 18.5 Å². The van der Waals surface area contributed by atoms with Crippen LogP contribution in [0.2, 0.25) is 0 Å². The van der Waals surface area contributed by atoms with E-state index in [2.05, 4.69) is 10.4 Å². The molecule has 1 aromatic carbocycles. The second-order valence-corrected chi connectivity index (χ2v) is 7.08. The number of aromatic nitrogens is 2. The predicted octanol–water partition coefficient (Wildman–Crippen LogP) is 2.18. The van der Waals surface area contributed by atoms with E-state index >= 15 is 0 Å². The van der Waals surface area contributed by atoms with Gasteiger partial charge in [0.25, 0.3) is 5.56 Å². The van der Waals surface area contributed by atoms with Crippen molar-refractivity contribution >= 4 is 16.7 Å². The predicted molar refractivity (Wildman–Crippen MR) is 92.3 cm³/mol. The van der Waals surface area contributed by atoms with E-state index in [-0.39, 0.29) is 29.3 Å². The van der Waals surface area contributed by atoms with Crippen LogP contribution in [-0.2, 0) is 17.5 Å². The molecule has 1 aliphatic rings. The lowest BCUT2D eigenvalue weighted by Gasteiger charge is -2.32. The topological polar surface area (TPSA) is 84.2 Å². The number of nitrogens with one attached hydrogen (secondary N) is 1. The third kappa shape index (κ3) is 3.83. The molecule has 1 heterocycles. The van der Waals surface area contributed by atoms with Crippen molar-refractivity contribution in [2.75, 3.05) is 0 Å². The number of hydrogen-bond acceptors (Lipinski definition) is 4.